The van der Waals surface area contributed by atoms with Gasteiger partial charge in [0.25, 0.3) is 8.32 Å². The quantitative estimate of drug-likeness (QED) is 0.411. The molecule has 0 unspecified atom stereocenters. The Hall–Kier alpha value is -1.48. The molecule has 1 rings (SSSR count). The summed E-state index contributed by atoms with van der Waals surface area (Å²) in [5, 5.41) is 4.26. The summed E-state index contributed by atoms with van der Waals surface area (Å²) in [6.45, 7) is 14.5. The van der Waals surface area contributed by atoms with Crippen LogP contribution < -0.4 is 13.9 Å². The minimum Gasteiger partial charge on any atom is -0.539 e. The maximum atomic E-state index is 6.12. The summed E-state index contributed by atoms with van der Waals surface area (Å²) in [5.74, 6) is 1.94. The molecule has 0 N–H and O–H groups in total. The first-order valence-corrected chi connectivity index (χ1v) is 14.5. The van der Waals surface area contributed by atoms with Crippen molar-refractivity contribution in [1.29, 1.82) is 0 Å². The predicted molar refractivity (Wildman–Crippen MR) is 100 cm³/mol. The third-order valence-electron chi connectivity index (χ3n) is 2.74. The van der Waals surface area contributed by atoms with E-state index in [4.69, 9.17) is 18.4 Å². The van der Waals surface area contributed by atoms with E-state index in [9.17, 15) is 0 Å². The van der Waals surface area contributed by atoms with E-state index in [1.54, 1.807) is 14.2 Å². The van der Waals surface area contributed by atoms with Crippen LogP contribution in [0.5, 0.6) is 17.2 Å². The van der Waals surface area contributed by atoms with E-state index < -0.39 is 16.6 Å². The topological polar surface area (TPSA) is 49.3 Å². The first-order valence-electron chi connectivity index (χ1n) is 7.65. The molecule has 0 atom stereocenters. The van der Waals surface area contributed by atoms with Gasteiger partial charge in [0.15, 0.2) is 17.2 Å². The molecule has 0 saturated heterocycles. The number of rotatable bonds is 7. The lowest BCUT2D eigenvalue weighted by Crippen LogP contribution is -2.29. The average Bonchev–Trinajstić information content (AvgIpc) is 2.42. The van der Waals surface area contributed by atoms with E-state index >= 15 is 0 Å². The molecule has 0 fully saturated rings. The first-order chi connectivity index (χ1) is 10.5. The number of methoxy groups -OCH3 is 2. The minimum absolute atomic E-state index is 0.643. The van der Waals surface area contributed by atoms with Gasteiger partial charge in [0.2, 0.25) is 8.32 Å². The molecule has 0 aliphatic heterocycles. The van der Waals surface area contributed by atoms with Gasteiger partial charge in [0.05, 0.1) is 19.9 Å². The van der Waals surface area contributed by atoms with Gasteiger partial charge in [0, 0.05) is 5.56 Å². The highest BCUT2D eigenvalue weighted by molar-refractivity contribution is 6.70. The van der Waals surface area contributed by atoms with Gasteiger partial charge in [-0.25, -0.2) is 0 Å². The maximum absolute atomic E-state index is 6.12. The van der Waals surface area contributed by atoms with Crippen molar-refractivity contribution in [3.8, 4) is 17.2 Å². The van der Waals surface area contributed by atoms with Gasteiger partial charge in [-0.2, -0.15) is 0 Å². The summed E-state index contributed by atoms with van der Waals surface area (Å²) in [6, 6.07) is 3.81. The van der Waals surface area contributed by atoms with E-state index in [-0.39, 0.29) is 0 Å². The number of nitrogens with zero attached hydrogens (tertiary/aromatic N) is 1. The lowest BCUT2D eigenvalue weighted by molar-refractivity contribution is 0.335. The Balaban J connectivity index is 3.28. The molecule has 5 nitrogen and oxygen atoms in total. The third-order valence-corrected chi connectivity index (χ3v) is 4.20. The van der Waals surface area contributed by atoms with Crippen molar-refractivity contribution < 1.29 is 18.4 Å². The van der Waals surface area contributed by atoms with Gasteiger partial charge in [-0.1, -0.05) is 0 Å². The summed E-state index contributed by atoms with van der Waals surface area (Å²) < 4.78 is 22.7. The van der Waals surface area contributed by atoms with Gasteiger partial charge < -0.3 is 18.4 Å². The summed E-state index contributed by atoms with van der Waals surface area (Å²) in [6.07, 6.45) is 0. The Kier molecular flexibility index (Phi) is 6.29. The van der Waals surface area contributed by atoms with Crippen molar-refractivity contribution in [2.24, 2.45) is 5.16 Å². The normalized spacial score (nSPS) is 12.8. The van der Waals surface area contributed by atoms with Crippen LogP contribution in [0.4, 0.5) is 0 Å². The molecule has 0 bridgehead atoms. The maximum Gasteiger partial charge on any atom is 0.278 e. The number of benzene rings is 1. The molecule has 0 aliphatic carbocycles. The Bertz CT molecular complexity index is 549. The molecule has 0 aliphatic rings. The smallest absolute Gasteiger partial charge is 0.278 e. The SMILES string of the molecule is COc1cc(C(C)=NO[Si](C)(C)C)cc(OC)c1O[Si](C)(C)C. The van der Waals surface area contributed by atoms with Crippen molar-refractivity contribution in [3.05, 3.63) is 17.7 Å². The minimum atomic E-state index is -1.79. The van der Waals surface area contributed by atoms with Crippen molar-refractivity contribution in [2.45, 2.75) is 46.2 Å². The summed E-state index contributed by atoms with van der Waals surface area (Å²) in [4.78, 5) is 0. The fourth-order valence-electron chi connectivity index (χ4n) is 1.75. The Morgan fingerprint density at radius 3 is 1.70 bits per heavy atom. The average molecular weight is 356 g/mol. The third kappa shape index (κ3) is 6.27. The molecule has 1 aromatic rings. The fourth-order valence-corrected chi connectivity index (χ4v) is 2.98. The van der Waals surface area contributed by atoms with E-state index in [1.807, 2.05) is 19.1 Å². The monoisotopic (exact) mass is 355 g/mol. The molecule has 1 aromatic carbocycles. The van der Waals surface area contributed by atoms with Gasteiger partial charge in [-0.05, 0) is 58.3 Å². The fraction of sp³-hybridized carbons (Fsp3) is 0.562. The first kappa shape index (κ1) is 19.6. The highest BCUT2D eigenvalue weighted by atomic mass is 28.4. The molecule has 0 amide bonds. The number of hydrogen-bond donors (Lipinski definition) is 0. The molecule has 0 saturated carbocycles. The van der Waals surface area contributed by atoms with Crippen LogP contribution >= 0.6 is 0 Å². The molecule has 0 heterocycles. The second kappa shape index (κ2) is 7.40. The highest BCUT2D eigenvalue weighted by Crippen LogP contribution is 2.40. The largest absolute Gasteiger partial charge is 0.539 e. The predicted octanol–water partition coefficient (Wildman–Crippen LogP) is 4.49. The van der Waals surface area contributed by atoms with Crippen LogP contribution in [0, 0.1) is 0 Å². The van der Waals surface area contributed by atoms with Gasteiger partial charge in [0.1, 0.15) is 0 Å². The highest BCUT2D eigenvalue weighted by Gasteiger charge is 2.23. The summed E-state index contributed by atoms with van der Waals surface area (Å²) >= 11 is 0. The van der Waals surface area contributed by atoms with Crippen molar-refractivity contribution in [1.82, 2.24) is 0 Å². The van der Waals surface area contributed by atoms with Crippen molar-refractivity contribution >= 4 is 22.3 Å². The Morgan fingerprint density at radius 2 is 1.35 bits per heavy atom. The molecule has 0 aromatic heterocycles. The van der Waals surface area contributed by atoms with Crippen LogP contribution in [0.25, 0.3) is 0 Å². The van der Waals surface area contributed by atoms with Gasteiger partial charge in [-0.15, -0.1) is 5.16 Å². The van der Waals surface area contributed by atoms with Crippen LogP contribution in [0.15, 0.2) is 17.3 Å². The molecule has 23 heavy (non-hydrogen) atoms. The molecular weight excluding hydrogens is 326 g/mol. The number of ether oxygens (including phenoxy) is 2. The van der Waals surface area contributed by atoms with E-state index in [2.05, 4.69) is 44.4 Å². The summed E-state index contributed by atoms with van der Waals surface area (Å²) in [7, 11) is -0.245. The number of hydrogen-bond acceptors (Lipinski definition) is 5. The van der Waals surface area contributed by atoms with E-state index in [0.29, 0.717) is 17.2 Å². The molecule has 7 heteroatoms. The summed E-state index contributed by atoms with van der Waals surface area (Å²) in [5.41, 5.74) is 1.67. The van der Waals surface area contributed by atoms with Crippen LogP contribution in [0.2, 0.25) is 39.3 Å². The Labute approximate surface area is 141 Å². The van der Waals surface area contributed by atoms with Gasteiger partial charge in [-0.3, -0.25) is 0 Å². The van der Waals surface area contributed by atoms with E-state index in [1.165, 1.54) is 0 Å². The lowest BCUT2D eigenvalue weighted by atomic mass is 10.1. The second-order valence-corrected chi connectivity index (χ2v) is 16.1. The Morgan fingerprint density at radius 1 is 0.870 bits per heavy atom. The molecule has 0 spiro atoms. The zero-order chi connectivity index (χ0) is 17.8. The standard InChI is InChI=1S/C16H29NO4Si2/c1-12(17-21-23(7,8)9)13-10-14(18-2)16(15(11-13)19-3)20-22(4,5)6/h10-11H,1-9H3. The second-order valence-electron chi connectivity index (χ2n) is 7.30. The van der Waals surface area contributed by atoms with E-state index in [0.717, 1.165) is 11.3 Å². The zero-order valence-electron chi connectivity index (χ0n) is 15.7. The van der Waals surface area contributed by atoms with Crippen molar-refractivity contribution in [3.63, 3.8) is 0 Å². The van der Waals surface area contributed by atoms with Crippen molar-refractivity contribution in [2.75, 3.05) is 14.2 Å². The van der Waals surface area contributed by atoms with Crippen LogP contribution in [0.1, 0.15) is 12.5 Å². The molecular formula is C16H29NO4Si2. The number of oxime groups is 1. The van der Waals surface area contributed by atoms with Crippen LogP contribution in [-0.4, -0.2) is 36.6 Å². The van der Waals surface area contributed by atoms with Crippen LogP contribution in [-0.2, 0) is 4.53 Å². The molecule has 0 radical (unpaired) electrons. The lowest BCUT2D eigenvalue weighted by Gasteiger charge is -2.23. The molecule has 130 valence electrons. The zero-order valence-corrected chi connectivity index (χ0v) is 17.7. The van der Waals surface area contributed by atoms with Crippen LogP contribution in [0.3, 0.4) is 0 Å². The van der Waals surface area contributed by atoms with Gasteiger partial charge >= 0.3 is 0 Å².